The van der Waals surface area contributed by atoms with E-state index in [9.17, 15) is 0 Å². The molecule has 4 heteroatoms. The second kappa shape index (κ2) is 7.63. The summed E-state index contributed by atoms with van der Waals surface area (Å²) in [6, 6.07) is 11.9. The first kappa shape index (κ1) is 18.0. The molecule has 0 aliphatic heterocycles. The average molecular weight is 373 g/mol. The summed E-state index contributed by atoms with van der Waals surface area (Å²) < 4.78 is 2.00. The Kier molecular flexibility index (Phi) is 5.51. The van der Waals surface area contributed by atoms with Crippen LogP contribution in [0.25, 0.3) is 27.6 Å². The normalized spacial score (nSPS) is 12.1. The molecule has 3 aromatic rings. The van der Waals surface area contributed by atoms with Crippen molar-refractivity contribution < 1.29 is 0 Å². The summed E-state index contributed by atoms with van der Waals surface area (Å²) in [7, 11) is 2.02. The minimum atomic E-state index is 0.638. The van der Waals surface area contributed by atoms with Gasteiger partial charge in [0, 0.05) is 33.6 Å². The first-order valence-corrected chi connectivity index (χ1v) is 9.43. The van der Waals surface area contributed by atoms with Crippen molar-refractivity contribution in [2.75, 3.05) is 0 Å². The molecular weight excluding hydrogens is 351 g/mol. The summed E-state index contributed by atoms with van der Waals surface area (Å²) in [4.78, 5) is 0. The monoisotopic (exact) mass is 372 g/mol. The molecule has 0 atom stereocenters. The molecule has 0 N–H and O–H groups in total. The molecule has 0 aliphatic carbocycles. The fourth-order valence-electron chi connectivity index (χ4n) is 3.36. The minimum Gasteiger partial charge on any atom is -0.267 e. The number of hydrogen-bond acceptors (Lipinski definition) is 1. The average Bonchev–Trinajstić information content (AvgIpc) is 2.91. The predicted octanol–water partition coefficient (Wildman–Crippen LogP) is 7.14. The Morgan fingerprint density at radius 1 is 1.12 bits per heavy atom. The van der Waals surface area contributed by atoms with Gasteiger partial charge >= 0.3 is 0 Å². The summed E-state index contributed by atoms with van der Waals surface area (Å²) in [6.07, 6.45) is 5.49. The molecule has 0 fully saturated rings. The first-order chi connectivity index (χ1) is 12.1. The quantitative estimate of drug-likeness (QED) is 0.465. The molecule has 130 valence electrons. The number of benzene rings is 2. The SMILES string of the molecule is CC/C=C(/CCC)c1c2cccc(-c3ccc(Cl)cc3Cl)c2nn1C. The van der Waals surface area contributed by atoms with E-state index in [0.717, 1.165) is 35.9 Å². The molecule has 1 aromatic heterocycles. The highest BCUT2D eigenvalue weighted by molar-refractivity contribution is 6.36. The Morgan fingerprint density at radius 3 is 2.60 bits per heavy atom. The third kappa shape index (κ3) is 3.47. The molecule has 0 unspecified atom stereocenters. The molecule has 0 saturated heterocycles. The third-order valence-corrected chi connectivity index (χ3v) is 4.91. The van der Waals surface area contributed by atoms with Gasteiger partial charge in [0.15, 0.2) is 0 Å². The van der Waals surface area contributed by atoms with E-state index in [0.29, 0.717) is 10.0 Å². The number of fused-ring (bicyclic) bond motifs is 1. The molecule has 2 aromatic carbocycles. The van der Waals surface area contributed by atoms with Crippen LogP contribution in [0.5, 0.6) is 0 Å². The molecule has 0 amide bonds. The van der Waals surface area contributed by atoms with Crippen molar-refractivity contribution >= 4 is 39.7 Å². The van der Waals surface area contributed by atoms with Crippen LogP contribution in [0.1, 0.15) is 38.8 Å². The van der Waals surface area contributed by atoms with Crippen molar-refractivity contribution in [1.82, 2.24) is 9.78 Å². The van der Waals surface area contributed by atoms with Gasteiger partial charge in [-0.1, -0.05) is 73.8 Å². The molecule has 2 nitrogen and oxygen atoms in total. The lowest BCUT2D eigenvalue weighted by molar-refractivity contribution is 0.760. The van der Waals surface area contributed by atoms with Crippen molar-refractivity contribution in [3.8, 4) is 11.1 Å². The smallest absolute Gasteiger partial charge is 0.101 e. The summed E-state index contributed by atoms with van der Waals surface area (Å²) >= 11 is 12.5. The lowest BCUT2D eigenvalue weighted by Crippen LogP contribution is -1.98. The van der Waals surface area contributed by atoms with E-state index in [1.54, 1.807) is 6.07 Å². The number of allylic oxidation sites excluding steroid dienone is 2. The van der Waals surface area contributed by atoms with Gasteiger partial charge in [0.25, 0.3) is 0 Å². The van der Waals surface area contributed by atoms with Gasteiger partial charge in [0.1, 0.15) is 5.52 Å². The van der Waals surface area contributed by atoms with Crippen molar-refractivity contribution in [2.24, 2.45) is 7.05 Å². The van der Waals surface area contributed by atoms with Crippen LogP contribution in [0.15, 0.2) is 42.5 Å². The zero-order valence-corrected chi connectivity index (χ0v) is 16.3. The van der Waals surface area contributed by atoms with Gasteiger partial charge in [-0.2, -0.15) is 5.10 Å². The Hall–Kier alpha value is -1.77. The van der Waals surface area contributed by atoms with E-state index in [1.165, 1.54) is 16.7 Å². The predicted molar refractivity (Wildman–Crippen MR) is 109 cm³/mol. The lowest BCUT2D eigenvalue weighted by atomic mass is 9.98. The fraction of sp³-hybridized carbons (Fsp3) is 0.286. The lowest BCUT2D eigenvalue weighted by Gasteiger charge is -2.08. The molecule has 0 aliphatic rings. The van der Waals surface area contributed by atoms with E-state index in [1.807, 2.05) is 23.9 Å². The third-order valence-electron chi connectivity index (χ3n) is 4.36. The molecule has 25 heavy (non-hydrogen) atoms. The van der Waals surface area contributed by atoms with E-state index < -0.39 is 0 Å². The van der Waals surface area contributed by atoms with Crippen molar-refractivity contribution in [3.63, 3.8) is 0 Å². The molecular formula is C21H22Cl2N2. The number of aryl methyl sites for hydroxylation is 1. The number of rotatable bonds is 5. The van der Waals surface area contributed by atoms with E-state index >= 15 is 0 Å². The van der Waals surface area contributed by atoms with Crippen molar-refractivity contribution in [3.05, 3.63) is 58.2 Å². The summed E-state index contributed by atoms with van der Waals surface area (Å²) in [6.45, 7) is 4.38. The van der Waals surface area contributed by atoms with Crippen molar-refractivity contribution in [1.29, 1.82) is 0 Å². The molecule has 1 heterocycles. The van der Waals surface area contributed by atoms with Gasteiger partial charge in [-0.3, -0.25) is 4.68 Å². The Balaban J connectivity index is 2.25. The van der Waals surface area contributed by atoms with Gasteiger partial charge in [-0.15, -0.1) is 0 Å². The Bertz CT molecular complexity index is 938. The van der Waals surface area contributed by atoms with Crippen LogP contribution in [0, 0.1) is 0 Å². The van der Waals surface area contributed by atoms with Crippen LogP contribution in [-0.4, -0.2) is 9.78 Å². The highest BCUT2D eigenvalue weighted by Crippen LogP contribution is 2.37. The maximum Gasteiger partial charge on any atom is 0.101 e. The van der Waals surface area contributed by atoms with Crippen LogP contribution >= 0.6 is 23.2 Å². The molecule has 0 bridgehead atoms. The van der Waals surface area contributed by atoms with Crippen LogP contribution in [0.3, 0.4) is 0 Å². The summed E-state index contributed by atoms with van der Waals surface area (Å²) in [5.41, 5.74) is 5.52. The summed E-state index contributed by atoms with van der Waals surface area (Å²) in [5, 5.41) is 7.27. The highest BCUT2D eigenvalue weighted by Gasteiger charge is 2.17. The largest absolute Gasteiger partial charge is 0.267 e. The maximum atomic E-state index is 6.44. The topological polar surface area (TPSA) is 17.8 Å². The number of nitrogens with zero attached hydrogens (tertiary/aromatic N) is 2. The van der Waals surface area contributed by atoms with E-state index in [-0.39, 0.29) is 0 Å². The fourth-order valence-corrected chi connectivity index (χ4v) is 3.87. The molecule has 0 spiro atoms. The van der Waals surface area contributed by atoms with Gasteiger partial charge in [0.2, 0.25) is 0 Å². The highest BCUT2D eigenvalue weighted by atomic mass is 35.5. The molecule has 0 saturated carbocycles. The minimum absolute atomic E-state index is 0.638. The number of hydrogen-bond donors (Lipinski definition) is 0. The summed E-state index contributed by atoms with van der Waals surface area (Å²) in [5.74, 6) is 0. The van der Waals surface area contributed by atoms with Crippen LogP contribution < -0.4 is 0 Å². The van der Waals surface area contributed by atoms with Crippen LogP contribution in [-0.2, 0) is 7.05 Å². The molecule has 3 rings (SSSR count). The van der Waals surface area contributed by atoms with Crippen LogP contribution in [0.2, 0.25) is 10.0 Å². The zero-order chi connectivity index (χ0) is 18.0. The zero-order valence-electron chi connectivity index (χ0n) is 14.8. The van der Waals surface area contributed by atoms with E-state index in [4.69, 9.17) is 28.3 Å². The second-order valence-corrected chi connectivity index (χ2v) is 7.03. The number of aromatic nitrogens is 2. The van der Waals surface area contributed by atoms with Gasteiger partial charge < -0.3 is 0 Å². The standard InChI is InChI=1S/C21H22Cl2N2/c1-4-7-14(8-5-2)21-18-10-6-9-17(20(18)24-25(21)3)16-12-11-15(22)13-19(16)23/h6-7,9-13H,4-5,8H2,1-3H3/b14-7-. The van der Waals surface area contributed by atoms with Crippen molar-refractivity contribution in [2.45, 2.75) is 33.1 Å². The first-order valence-electron chi connectivity index (χ1n) is 8.67. The van der Waals surface area contributed by atoms with E-state index in [2.05, 4.69) is 38.1 Å². The van der Waals surface area contributed by atoms with Crippen LogP contribution in [0.4, 0.5) is 0 Å². The number of halogens is 2. The van der Waals surface area contributed by atoms with Gasteiger partial charge in [-0.25, -0.2) is 0 Å². The maximum absolute atomic E-state index is 6.44. The van der Waals surface area contributed by atoms with Gasteiger partial charge in [-0.05, 0) is 30.5 Å². The second-order valence-electron chi connectivity index (χ2n) is 6.19. The Labute approximate surface area is 159 Å². The Morgan fingerprint density at radius 2 is 1.92 bits per heavy atom. The molecule has 0 radical (unpaired) electrons. The van der Waals surface area contributed by atoms with Gasteiger partial charge in [0.05, 0.1) is 5.69 Å².